The summed E-state index contributed by atoms with van der Waals surface area (Å²) in [4.78, 5) is 0. The Morgan fingerprint density at radius 3 is 2.62 bits per heavy atom. The lowest BCUT2D eigenvalue weighted by atomic mass is 10.0. The third-order valence-electron chi connectivity index (χ3n) is 3.49. The van der Waals surface area contributed by atoms with Gasteiger partial charge in [0.25, 0.3) is 0 Å². The van der Waals surface area contributed by atoms with E-state index in [1.54, 1.807) is 7.11 Å². The SMILES string of the molecule is COCCC(C)C(O)CSC1CCCCC1. The first-order valence-corrected chi connectivity index (χ1v) is 7.57. The fraction of sp³-hybridized carbons (Fsp3) is 1.00. The van der Waals surface area contributed by atoms with Crippen LogP contribution in [0.15, 0.2) is 0 Å². The molecule has 16 heavy (non-hydrogen) atoms. The van der Waals surface area contributed by atoms with E-state index in [0.717, 1.165) is 24.0 Å². The molecule has 0 bridgehead atoms. The zero-order valence-electron chi connectivity index (χ0n) is 10.7. The third-order valence-corrected chi connectivity index (χ3v) is 4.97. The summed E-state index contributed by atoms with van der Waals surface area (Å²) in [5, 5.41) is 10.8. The van der Waals surface area contributed by atoms with E-state index in [1.165, 1.54) is 32.1 Å². The van der Waals surface area contributed by atoms with Crippen LogP contribution in [0.5, 0.6) is 0 Å². The highest BCUT2D eigenvalue weighted by Crippen LogP contribution is 2.29. The Bertz CT molecular complexity index is 169. The fourth-order valence-corrected chi connectivity index (χ4v) is 3.59. The van der Waals surface area contributed by atoms with Gasteiger partial charge in [0.2, 0.25) is 0 Å². The molecule has 1 rings (SSSR count). The average molecular weight is 246 g/mol. The van der Waals surface area contributed by atoms with Gasteiger partial charge in [0.15, 0.2) is 0 Å². The lowest BCUT2D eigenvalue weighted by Crippen LogP contribution is -2.23. The molecular formula is C13H26O2S. The van der Waals surface area contributed by atoms with Gasteiger partial charge in [-0.25, -0.2) is 0 Å². The number of methoxy groups -OCH3 is 1. The van der Waals surface area contributed by atoms with Crippen molar-refractivity contribution < 1.29 is 9.84 Å². The summed E-state index contributed by atoms with van der Waals surface area (Å²) >= 11 is 1.98. The van der Waals surface area contributed by atoms with E-state index >= 15 is 0 Å². The monoisotopic (exact) mass is 246 g/mol. The first-order chi connectivity index (χ1) is 7.74. The molecule has 2 nitrogen and oxygen atoms in total. The van der Waals surface area contributed by atoms with Crippen molar-refractivity contribution in [3.63, 3.8) is 0 Å². The van der Waals surface area contributed by atoms with Crippen molar-refractivity contribution in [2.24, 2.45) is 5.92 Å². The van der Waals surface area contributed by atoms with E-state index in [-0.39, 0.29) is 6.10 Å². The molecule has 0 saturated heterocycles. The number of ether oxygens (including phenoxy) is 1. The molecule has 2 unspecified atom stereocenters. The van der Waals surface area contributed by atoms with E-state index in [4.69, 9.17) is 4.74 Å². The zero-order chi connectivity index (χ0) is 11.8. The van der Waals surface area contributed by atoms with Crippen molar-refractivity contribution in [1.82, 2.24) is 0 Å². The minimum absolute atomic E-state index is 0.165. The molecule has 2 atom stereocenters. The number of aliphatic hydroxyl groups excluding tert-OH is 1. The summed E-state index contributed by atoms with van der Waals surface area (Å²) in [5.74, 6) is 1.26. The van der Waals surface area contributed by atoms with E-state index < -0.39 is 0 Å². The first-order valence-electron chi connectivity index (χ1n) is 6.52. The van der Waals surface area contributed by atoms with Crippen LogP contribution in [-0.4, -0.2) is 35.9 Å². The van der Waals surface area contributed by atoms with Crippen LogP contribution in [0, 0.1) is 5.92 Å². The largest absolute Gasteiger partial charge is 0.392 e. The average Bonchev–Trinajstić information content (AvgIpc) is 2.34. The predicted molar refractivity (Wildman–Crippen MR) is 71.0 cm³/mol. The molecule has 0 radical (unpaired) electrons. The van der Waals surface area contributed by atoms with Gasteiger partial charge < -0.3 is 9.84 Å². The molecule has 1 aliphatic carbocycles. The number of hydrogen-bond donors (Lipinski definition) is 1. The molecule has 0 heterocycles. The van der Waals surface area contributed by atoms with Gasteiger partial charge in [-0.2, -0.15) is 11.8 Å². The maximum Gasteiger partial charge on any atom is 0.0657 e. The fourth-order valence-electron chi connectivity index (χ4n) is 2.13. The Morgan fingerprint density at radius 2 is 2.00 bits per heavy atom. The van der Waals surface area contributed by atoms with Crippen LogP contribution in [0.1, 0.15) is 45.4 Å². The molecule has 1 fully saturated rings. The normalized spacial score (nSPS) is 21.9. The van der Waals surface area contributed by atoms with E-state index in [2.05, 4.69) is 6.92 Å². The summed E-state index contributed by atoms with van der Waals surface area (Å²) in [7, 11) is 1.72. The van der Waals surface area contributed by atoms with Crippen LogP contribution in [0.3, 0.4) is 0 Å². The quantitative estimate of drug-likeness (QED) is 0.748. The maximum atomic E-state index is 10.00. The van der Waals surface area contributed by atoms with Gasteiger partial charge >= 0.3 is 0 Å². The van der Waals surface area contributed by atoms with Gasteiger partial charge in [0.1, 0.15) is 0 Å². The van der Waals surface area contributed by atoms with Gasteiger partial charge in [-0.05, 0) is 25.2 Å². The second-order valence-electron chi connectivity index (χ2n) is 4.92. The Hall–Kier alpha value is 0.270. The van der Waals surface area contributed by atoms with Crippen LogP contribution in [-0.2, 0) is 4.74 Å². The van der Waals surface area contributed by atoms with Crippen molar-refractivity contribution in [3.05, 3.63) is 0 Å². The van der Waals surface area contributed by atoms with Crippen molar-refractivity contribution in [3.8, 4) is 0 Å². The van der Waals surface area contributed by atoms with Gasteiger partial charge in [0, 0.05) is 24.7 Å². The van der Waals surface area contributed by atoms with Gasteiger partial charge in [0.05, 0.1) is 6.10 Å². The molecule has 0 aromatic rings. The standard InChI is InChI=1S/C13H26O2S/c1-11(8-9-15-2)13(14)10-16-12-6-4-3-5-7-12/h11-14H,3-10H2,1-2H3. The molecule has 96 valence electrons. The van der Waals surface area contributed by atoms with Gasteiger partial charge in [-0.15, -0.1) is 0 Å². The van der Waals surface area contributed by atoms with Crippen LogP contribution >= 0.6 is 11.8 Å². The topological polar surface area (TPSA) is 29.5 Å². The Balaban J connectivity index is 2.10. The first kappa shape index (κ1) is 14.3. The smallest absolute Gasteiger partial charge is 0.0657 e. The second-order valence-corrected chi connectivity index (χ2v) is 6.25. The zero-order valence-corrected chi connectivity index (χ0v) is 11.5. The summed E-state index contributed by atoms with van der Waals surface area (Å²) in [5.41, 5.74) is 0. The number of hydrogen-bond acceptors (Lipinski definition) is 3. The number of thioether (sulfide) groups is 1. The van der Waals surface area contributed by atoms with Crippen LogP contribution in [0.4, 0.5) is 0 Å². The molecule has 0 amide bonds. The Kier molecular flexibility index (Phi) is 7.50. The Morgan fingerprint density at radius 1 is 1.31 bits per heavy atom. The minimum Gasteiger partial charge on any atom is -0.392 e. The highest BCUT2D eigenvalue weighted by molar-refractivity contribution is 7.99. The number of rotatable bonds is 7. The summed E-state index contributed by atoms with van der Waals surface area (Å²) < 4.78 is 5.04. The van der Waals surface area contributed by atoms with Gasteiger partial charge in [-0.3, -0.25) is 0 Å². The lowest BCUT2D eigenvalue weighted by Gasteiger charge is -2.24. The second kappa shape index (κ2) is 8.37. The van der Waals surface area contributed by atoms with Crippen molar-refractivity contribution in [1.29, 1.82) is 0 Å². The molecule has 0 aromatic carbocycles. The van der Waals surface area contributed by atoms with E-state index in [9.17, 15) is 5.11 Å². The highest BCUT2D eigenvalue weighted by Gasteiger charge is 2.18. The highest BCUT2D eigenvalue weighted by atomic mass is 32.2. The van der Waals surface area contributed by atoms with Crippen LogP contribution in [0.2, 0.25) is 0 Å². The lowest BCUT2D eigenvalue weighted by molar-refractivity contribution is 0.105. The molecular weight excluding hydrogens is 220 g/mol. The molecule has 0 aliphatic heterocycles. The van der Waals surface area contributed by atoms with E-state index in [1.807, 2.05) is 11.8 Å². The molecule has 1 saturated carbocycles. The van der Waals surface area contributed by atoms with Crippen LogP contribution < -0.4 is 0 Å². The molecule has 1 aliphatic rings. The molecule has 0 spiro atoms. The maximum absolute atomic E-state index is 10.00. The van der Waals surface area contributed by atoms with Crippen molar-refractivity contribution >= 4 is 11.8 Å². The van der Waals surface area contributed by atoms with Crippen molar-refractivity contribution in [2.45, 2.75) is 56.8 Å². The van der Waals surface area contributed by atoms with Crippen LogP contribution in [0.25, 0.3) is 0 Å². The minimum atomic E-state index is -0.165. The predicted octanol–water partition coefficient (Wildman–Crippen LogP) is 3.09. The molecule has 0 aromatic heterocycles. The summed E-state index contributed by atoms with van der Waals surface area (Å²) in [6, 6.07) is 0. The van der Waals surface area contributed by atoms with Gasteiger partial charge in [-0.1, -0.05) is 26.2 Å². The Labute approximate surface area is 104 Å². The van der Waals surface area contributed by atoms with E-state index in [0.29, 0.717) is 5.92 Å². The molecule has 3 heteroatoms. The summed E-state index contributed by atoms with van der Waals surface area (Å²) in [6.45, 7) is 2.87. The third kappa shape index (κ3) is 5.55. The van der Waals surface area contributed by atoms with Crippen molar-refractivity contribution in [2.75, 3.05) is 19.5 Å². The summed E-state index contributed by atoms with van der Waals surface area (Å²) in [6.07, 6.45) is 7.67. The number of aliphatic hydroxyl groups is 1. The molecule has 1 N–H and O–H groups in total.